The second kappa shape index (κ2) is 10.2. The molecule has 1 atom stereocenters. The molecule has 0 saturated heterocycles. The number of carbonyl (C=O) groups is 1. The van der Waals surface area contributed by atoms with Crippen molar-refractivity contribution in [1.82, 2.24) is 14.9 Å². The van der Waals surface area contributed by atoms with Crippen molar-refractivity contribution in [3.05, 3.63) is 101 Å². The summed E-state index contributed by atoms with van der Waals surface area (Å²) in [6, 6.07) is 21.2. The summed E-state index contributed by atoms with van der Waals surface area (Å²) in [7, 11) is -3.85. The van der Waals surface area contributed by atoms with Crippen molar-refractivity contribution >= 4 is 16.0 Å². The Morgan fingerprint density at radius 2 is 1.71 bits per heavy atom. The second-order valence-corrected chi connectivity index (χ2v) is 9.88. The van der Waals surface area contributed by atoms with Crippen LogP contribution in [0.25, 0.3) is 11.5 Å². The van der Waals surface area contributed by atoms with Gasteiger partial charge in [-0.15, -0.1) is 10.2 Å². The van der Waals surface area contributed by atoms with E-state index in [4.69, 9.17) is 9.15 Å². The molecular weight excluding hydrogens is 466 g/mol. The van der Waals surface area contributed by atoms with E-state index in [-0.39, 0.29) is 22.9 Å². The summed E-state index contributed by atoms with van der Waals surface area (Å²) >= 11 is 0. The van der Waals surface area contributed by atoms with Crippen molar-refractivity contribution in [2.24, 2.45) is 0 Å². The zero-order chi connectivity index (χ0) is 25.0. The number of nitrogens with zero attached hydrogens (tertiary/aromatic N) is 2. The van der Waals surface area contributed by atoms with Gasteiger partial charge in [-0.25, -0.2) is 17.9 Å². The van der Waals surface area contributed by atoms with Crippen molar-refractivity contribution in [3.8, 4) is 11.5 Å². The first-order chi connectivity index (χ1) is 16.7. The molecule has 3 aromatic carbocycles. The van der Waals surface area contributed by atoms with Crippen LogP contribution in [0.1, 0.15) is 46.0 Å². The fraction of sp³-hybridized carbons (Fsp3) is 0.192. The van der Waals surface area contributed by atoms with Gasteiger partial charge < -0.3 is 9.15 Å². The summed E-state index contributed by atoms with van der Waals surface area (Å²) in [5.74, 6) is -0.249. The molecule has 0 fully saturated rings. The highest BCUT2D eigenvalue weighted by Crippen LogP contribution is 2.24. The number of hydrogen-bond donors (Lipinski definition) is 1. The van der Waals surface area contributed by atoms with Gasteiger partial charge in [0.2, 0.25) is 15.9 Å². The third-order valence-corrected chi connectivity index (χ3v) is 6.94. The van der Waals surface area contributed by atoms with Gasteiger partial charge in [0, 0.05) is 12.1 Å². The summed E-state index contributed by atoms with van der Waals surface area (Å²) in [5, 5.41) is 8.01. The summed E-state index contributed by atoms with van der Waals surface area (Å²) in [6.07, 6.45) is -0.827. The van der Waals surface area contributed by atoms with Gasteiger partial charge in [-0.2, -0.15) is 0 Å². The van der Waals surface area contributed by atoms with Gasteiger partial charge in [-0.1, -0.05) is 54.1 Å². The van der Waals surface area contributed by atoms with Gasteiger partial charge in [-0.3, -0.25) is 0 Å². The van der Waals surface area contributed by atoms with Gasteiger partial charge >= 0.3 is 5.97 Å². The van der Waals surface area contributed by atoms with E-state index in [1.54, 1.807) is 19.9 Å². The largest absolute Gasteiger partial charge is 0.449 e. The van der Waals surface area contributed by atoms with Crippen LogP contribution in [0, 0.1) is 13.8 Å². The quantitative estimate of drug-likeness (QED) is 0.354. The van der Waals surface area contributed by atoms with Gasteiger partial charge in [0.15, 0.2) is 6.10 Å². The Hall–Kier alpha value is -3.82. The van der Waals surface area contributed by atoms with Gasteiger partial charge in [0.1, 0.15) is 0 Å². The number of hydrogen-bond acceptors (Lipinski definition) is 7. The molecular formula is C26H25N3O5S. The van der Waals surface area contributed by atoms with Crippen LogP contribution in [-0.2, 0) is 21.3 Å². The Morgan fingerprint density at radius 1 is 1.00 bits per heavy atom. The van der Waals surface area contributed by atoms with E-state index in [0.717, 1.165) is 16.7 Å². The lowest BCUT2D eigenvalue weighted by molar-refractivity contribution is 0.0279. The van der Waals surface area contributed by atoms with E-state index in [2.05, 4.69) is 14.9 Å². The van der Waals surface area contributed by atoms with Crippen LogP contribution in [0.3, 0.4) is 0 Å². The fourth-order valence-corrected chi connectivity index (χ4v) is 4.65. The van der Waals surface area contributed by atoms with Crippen LogP contribution >= 0.6 is 0 Å². The molecule has 1 unspecified atom stereocenters. The molecule has 1 heterocycles. The maximum atomic E-state index is 12.9. The van der Waals surface area contributed by atoms with E-state index in [1.165, 1.54) is 12.1 Å². The molecule has 8 nitrogen and oxygen atoms in total. The number of benzene rings is 3. The van der Waals surface area contributed by atoms with Crippen LogP contribution in [0.4, 0.5) is 0 Å². The molecule has 1 N–H and O–H groups in total. The minimum absolute atomic E-state index is 0.00924. The van der Waals surface area contributed by atoms with Crippen molar-refractivity contribution in [2.75, 3.05) is 0 Å². The normalized spacial score (nSPS) is 12.3. The predicted molar refractivity (Wildman–Crippen MR) is 130 cm³/mol. The molecule has 4 aromatic rings. The van der Waals surface area contributed by atoms with Crippen LogP contribution in [-0.4, -0.2) is 24.6 Å². The Labute approximate surface area is 204 Å². The summed E-state index contributed by atoms with van der Waals surface area (Å²) in [5.41, 5.74) is 3.29. The maximum absolute atomic E-state index is 12.9. The monoisotopic (exact) mass is 491 g/mol. The zero-order valence-electron chi connectivity index (χ0n) is 19.6. The number of nitrogens with one attached hydrogen (secondary N) is 1. The third kappa shape index (κ3) is 5.82. The van der Waals surface area contributed by atoms with Crippen LogP contribution in [0.2, 0.25) is 0 Å². The highest BCUT2D eigenvalue weighted by atomic mass is 32.2. The fourth-order valence-electron chi connectivity index (χ4n) is 3.36. The Kier molecular flexibility index (Phi) is 7.09. The molecule has 0 aliphatic carbocycles. The molecule has 0 saturated carbocycles. The average molecular weight is 492 g/mol. The van der Waals surface area contributed by atoms with Crippen molar-refractivity contribution < 1.29 is 22.4 Å². The molecule has 4 rings (SSSR count). The van der Waals surface area contributed by atoms with Gasteiger partial charge in [0.25, 0.3) is 5.89 Å². The summed E-state index contributed by atoms with van der Waals surface area (Å²) in [4.78, 5) is 12.8. The zero-order valence-corrected chi connectivity index (χ0v) is 20.4. The Bertz CT molecular complexity index is 1430. The van der Waals surface area contributed by atoms with E-state index < -0.39 is 22.1 Å². The van der Waals surface area contributed by atoms with Crippen molar-refractivity contribution in [3.63, 3.8) is 0 Å². The second-order valence-electron chi connectivity index (χ2n) is 8.15. The van der Waals surface area contributed by atoms with Crippen molar-refractivity contribution in [2.45, 2.75) is 38.3 Å². The van der Waals surface area contributed by atoms with Gasteiger partial charge in [0.05, 0.1) is 10.5 Å². The van der Waals surface area contributed by atoms with Crippen LogP contribution in [0.15, 0.2) is 82.1 Å². The predicted octanol–water partition coefficient (Wildman–Crippen LogP) is 4.75. The highest BCUT2D eigenvalue weighted by molar-refractivity contribution is 7.89. The first kappa shape index (κ1) is 24.3. The molecule has 0 spiro atoms. The van der Waals surface area contributed by atoms with E-state index in [0.29, 0.717) is 11.5 Å². The number of carbonyl (C=O) groups excluding carboxylic acids is 1. The lowest BCUT2D eigenvalue weighted by Crippen LogP contribution is -2.24. The topological polar surface area (TPSA) is 111 Å². The van der Waals surface area contributed by atoms with Gasteiger partial charge in [-0.05, 0) is 56.2 Å². The van der Waals surface area contributed by atoms with Crippen molar-refractivity contribution in [1.29, 1.82) is 0 Å². The smallest absolute Gasteiger partial charge is 0.338 e. The molecule has 0 amide bonds. The highest BCUT2D eigenvalue weighted by Gasteiger charge is 2.23. The third-order valence-electron chi connectivity index (χ3n) is 5.39. The number of aryl methyl sites for hydroxylation is 2. The average Bonchev–Trinajstić information content (AvgIpc) is 3.34. The molecule has 35 heavy (non-hydrogen) atoms. The molecule has 1 aromatic heterocycles. The standard InChI is InChI=1S/C26H25N3O5S/c1-17-9-12-21(13-10-17)25-29-28-24(34-25)19(3)33-26(30)22-14-11-18(2)23(15-22)35(31,32)27-16-20-7-5-4-6-8-20/h4-15,19,27H,16H2,1-3H3. The molecule has 180 valence electrons. The van der Waals surface area contributed by atoms with E-state index >= 15 is 0 Å². The van der Waals surface area contributed by atoms with E-state index in [1.807, 2.05) is 61.5 Å². The lowest BCUT2D eigenvalue weighted by Gasteiger charge is -2.13. The summed E-state index contributed by atoms with van der Waals surface area (Å²) < 4.78 is 39.5. The first-order valence-electron chi connectivity index (χ1n) is 11.0. The maximum Gasteiger partial charge on any atom is 0.338 e. The number of sulfonamides is 1. The Balaban J connectivity index is 1.47. The molecule has 0 aliphatic rings. The molecule has 0 radical (unpaired) electrons. The number of esters is 1. The SMILES string of the molecule is Cc1ccc(-c2nnc(C(C)OC(=O)c3ccc(C)c(S(=O)(=O)NCc4ccccc4)c3)o2)cc1. The Morgan fingerprint density at radius 3 is 2.43 bits per heavy atom. The molecule has 0 aliphatic heterocycles. The molecule has 9 heteroatoms. The number of rotatable bonds is 8. The van der Waals surface area contributed by atoms with Crippen LogP contribution < -0.4 is 4.72 Å². The molecule has 0 bridgehead atoms. The minimum Gasteiger partial charge on any atom is -0.449 e. The van der Waals surface area contributed by atoms with E-state index in [9.17, 15) is 13.2 Å². The number of aromatic nitrogens is 2. The lowest BCUT2D eigenvalue weighted by atomic mass is 10.1. The summed E-state index contributed by atoms with van der Waals surface area (Å²) in [6.45, 7) is 5.39. The first-order valence-corrected chi connectivity index (χ1v) is 12.5. The van der Waals surface area contributed by atoms with Crippen LogP contribution in [0.5, 0.6) is 0 Å². The number of ether oxygens (including phenoxy) is 1. The minimum atomic E-state index is -3.85.